The highest BCUT2D eigenvalue weighted by molar-refractivity contribution is 6.30. The topological polar surface area (TPSA) is 121 Å². The van der Waals surface area contributed by atoms with Crippen molar-refractivity contribution >= 4 is 34.0 Å². The highest BCUT2D eigenvalue weighted by atomic mass is 35.5. The van der Waals surface area contributed by atoms with Gasteiger partial charge in [-0.1, -0.05) is 23.7 Å². The molecule has 0 unspecified atom stereocenters. The number of β-amino-alcohol motifs (C(OH)–C–C–N with tert-alkyl or cyclic N) is 1. The van der Waals surface area contributed by atoms with Crippen LogP contribution in [0, 0.1) is 6.92 Å². The molecular weight excluding hydrogens is 516 g/mol. The summed E-state index contributed by atoms with van der Waals surface area (Å²) in [6, 6.07) is 13.1. The second-order valence-corrected chi connectivity index (χ2v) is 11.3. The lowest BCUT2D eigenvalue weighted by molar-refractivity contribution is 0.0345. The largest absolute Gasteiger partial charge is 0.389 e. The number of nitrogens with one attached hydrogen (secondary N) is 3. The first-order chi connectivity index (χ1) is 18.6. The van der Waals surface area contributed by atoms with Crippen LogP contribution in [0.5, 0.6) is 0 Å². The summed E-state index contributed by atoms with van der Waals surface area (Å²) < 4.78 is 0. The predicted molar refractivity (Wildman–Crippen MR) is 157 cm³/mol. The van der Waals surface area contributed by atoms with Crippen LogP contribution in [-0.2, 0) is 0 Å². The van der Waals surface area contributed by atoms with Gasteiger partial charge in [0.15, 0.2) is 0 Å². The lowest BCUT2D eigenvalue weighted by Crippen LogP contribution is -2.50. The maximum absolute atomic E-state index is 12.9. The smallest absolute Gasteiger partial charge is 0.261 e. The van der Waals surface area contributed by atoms with Crippen LogP contribution < -0.4 is 15.8 Å². The van der Waals surface area contributed by atoms with E-state index in [1.165, 1.54) is 0 Å². The highest BCUT2D eigenvalue weighted by Gasteiger charge is 2.24. The molecule has 0 aliphatic carbocycles. The number of aliphatic hydroxyl groups is 2. The summed E-state index contributed by atoms with van der Waals surface area (Å²) in [5.74, 6) is 0.460. The van der Waals surface area contributed by atoms with Crippen LogP contribution >= 0.6 is 11.6 Å². The third-order valence-corrected chi connectivity index (χ3v) is 7.26. The van der Waals surface area contributed by atoms with Crippen molar-refractivity contribution in [3.05, 3.63) is 75.2 Å². The Hall–Kier alpha value is -3.37. The van der Waals surface area contributed by atoms with Crippen LogP contribution in [-0.4, -0.2) is 74.9 Å². The van der Waals surface area contributed by atoms with Gasteiger partial charge < -0.3 is 30.4 Å². The van der Waals surface area contributed by atoms with Crippen LogP contribution in [0.2, 0.25) is 5.02 Å². The van der Waals surface area contributed by atoms with Crippen molar-refractivity contribution in [2.24, 2.45) is 0 Å². The molecule has 5 rings (SSSR count). The van der Waals surface area contributed by atoms with Gasteiger partial charge in [0.05, 0.1) is 28.4 Å². The number of aliphatic hydroxyl groups excluding tert-OH is 1. The fourth-order valence-electron chi connectivity index (χ4n) is 5.18. The molecule has 5 N–H and O–H groups in total. The number of nitrogens with zero attached hydrogens (tertiary/aromatic N) is 3. The van der Waals surface area contributed by atoms with Crippen molar-refractivity contribution < 1.29 is 10.2 Å². The molecule has 206 valence electrons. The zero-order chi connectivity index (χ0) is 27.7. The van der Waals surface area contributed by atoms with E-state index in [1.807, 2.05) is 26.8 Å². The lowest BCUT2D eigenvalue weighted by atomic mass is 10.1. The Balaban J connectivity index is 1.37. The maximum atomic E-state index is 12.9. The molecule has 3 heterocycles. The fourth-order valence-corrected chi connectivity index (χ4v) is 5.38. The molecule has 2 aromatic carbocycles. The Bertz CT molecular complexity index is 1520. The summed E-state index contributed by atoms with van der Waals surface area (Å²) in [5, 5.41) is 24.6. The number of aryl methyl sites for hydroxylation is 1. The SMILES string of the molecule is Cc1cc(N2CCN(CC(C)(C)O)CC2)cc2[nH]c(-c3c(NC[C@@H](O)c4cccc(Cl)c4)cc[nH]c3=O)nc12. The van der Waals surface area contributed by atoms with E-state index in [4.69, 9.17) is 16.6 Å². The molecule has 39 heavy (non-hydrogen) atoms. The van der Waals surface area contributed by atoms with E-state index in [0.29, 0.717) is 34.2 Å². The number of H-pyrrole nitrogens is 2. The van der Waals surface area contributed by atoms with Crippen molar-refractivity contribution in [2.45, 2.75) is 32.5 Å². The van der Waals surface area contributed by atoms with Gasteiger partial charge in [0.25, 0.3) is 5.56 Å². The summed E-state index contributed by atoms with van der Waals surface area (Å²) >= 11 is 6.07. The predicted octanol–water partition coefficient (Wildman–Crippen LogP) is 3.92. The average Bonchev–Trinajstić information content (AvgIpc) is 3.31. The van der Waals surface area contributed by atoms with E-state index in [-0.39, 0.29) is 12.1 Å². The number of pyridine rings is 1. The third-order valence-electron chi connectivity index (χ3n) is 7.03. The van der Waals surface area contributed by atoms with Gasteiger partial charge >= 0.3 is 0 Å². The summed E-state index contributed by atoms with van der Waals surface area (Å²) in [6.45, 7) is 10.0. The molecule has 0 amide bonds. The van der Waals surface area contributed by atoms with Gasteiger partial charge in [-0.2, -0.15) is 0 Å². The molecule has 4 aromatic rings. The summed E-state index contributed by atoms with van der Waals surface area (Å²) in [5.41, 5.74) is 4.43. The molecule has 1 aliphatic rings. The lowest BCUT2D eigenvalue weighted by Gasteiger charge is -2.38. The number of aromatic nitrogens is 3. The molecule has 0 spiro atoms. The van der Waals surface area contributed by atoms with Gasteiger partial charge in [0.1, 0.15) is 11.4 Å². The van der Waals surface area contributed by atoms with E-state index < -0.39 is 11.7 Å². The number of piperazine rings is 1. The molecule has 1 saturated heterocycles. The number of aromatic amines is 2. The molecule has 9 nitrogen and oxygen atoms in total. The summed E-state index contributed by atoms with van der Waals surface area (Å²) in [7, 11) is 0. The van der Waals surface area contributed by atoms with E-state index in [0.717, 1.165) is 48.5 Å². The Morgan fingerprint density at radius 3 is 2.64 bits per heavy atom. The number of benzene rings is 2. The van der Waals surface area contributed by atoms with Crippen molar-refractivity contribution in [3.8, 4) is 11.4 Å². The minimum atomic E-state index is -0.805. The number of fused-ring (bicyclic) bond motifs is 1. The number of rotatable bonds is 8. The third kappa shape index (κ3) is 6.28. The Kier molecular flexibility index (Phi) is 7.68. The molecule has 2 aromatic heterocycles. The Labute approximate surface area is 232 Å². The van der Waals surface area contributed by atoms with Gasteiger partial charge in [0.2, 0.25) is 0 Å². The molecule has 1 fully saturated rings. The average molecular weight is 551 g/mol. The van der Waals surface area contributed by atoms with Crippen LogP contribution in [0.15, 0.2) is 53.5 Å². The van der Waals surface area contributed by atoms with Crippen LogP contribution in [0.25, 0.3) is 22.4 Å². The zero-order valence-corrected chi connectivity index (χ0v) is 23.2. The molecule has 0 saturated carbocycles. The minimum Gasteiger partial charge on any atom is -0.389 e. The van der Waals surface area contributed by atoms with Crippen molar-refractivity contribution in [1.29, 1.82) is 0 Å². The first-order valence-corrected chi connectivity index (χ1v) is 13.5. The molecule has 10 heteroatoms. The fraction of sp³-hybridized carbons (Fsp3) is 0.379. The van der Waals surface area contributed by atoms with Crippen molar-refractivity contribution in [3.63, 3.8) is 0 Å². The quantitative estimate of drug-likeness (QED) is 0.225. The Morgan fingerprint density at radius 2 is 1.92 bits per heavy atom. The van der Waals surface area contributed by atoms with Crippen LogP contribution in [0.4, 0.5) is 11.4 Å². The van der Waals surface area contributed by atoms with Gasteiger partial charge in [0, 0.05) is 56.2 Å². The van der Waals surface area contributed by atoms with Crippen LogP contribution in [0.1, 0.15) is 31.1 Å². The number of hydrogen-bond acceptors (Lipinski definition) is 7. The first-order valence-electron chi connectivity index (χ1n) is 13.2. The second kappa shape index (κ2) is 11.0. The van der Waals surface area contributed by atoms with E-state index in [2.05, 4.69) is 37.2 Å². The first kappa shape index (κ1) is 27.2. The number of anilines is 2. The standard InChI is InChI=1S/C29H35ClN6O3/c1-18-13-21(36-11-9-35(10-12-36)17-29(2,3)39)15-23-26(18)34-27(33-23)25-22(7-8-31-28(25)38)32-16-24(37)19-5-4-6-20(30)14-19/h4-8,13-15,24,37,39H,9-12,16-17H2,1-3H3,(H,33,34)(H2,31,32,38)/t24-/m1/s1. The molecule has 1 aliphatic heterocycles. The molecular formula is C29H35ClN6O3. The monoisotopic (exact) mass is 550 g/mol. The highest BCUT2D eigenvalue weighted by Crippen LogP contribution is 2.30. The van der Waals surface area contributed by atoms with E-state index >= 15 is 0 Å². The Morgan fingerprint density at radius 1 is 1.15 bits per heavy atom. The van der Waals surface area contributed by atoms with Gasteiger partial charge in [-0.15, -0.1) is 0 Å². The zero-order valence-electron chi connectivity index (χ0n) is 22.5. The van der Waals surface area contributed by atoms with Gasteiger partial charge in [-0.05, 0) is 62.2 Å². The summed E-state index contributed by atoms with van der Waals surface area (Å²) in [4.78, 5) is 28.5. The van der Waals surface area contributed by atoms with Gasteiger partial charge in [-0.3, -0.25) is 9.69 Å². The van der Waals surface area contributed by atoms with Crippen molar-refractivity contribution in [2.75, 3.05) is 49.5 Å². The number of hydrogen-bond donors (Lipinski definition) is 5. The van der Waals surface area contributed by atoms with Crippen LogP contribution in [0.3, 0.4) is 0 Å². The molecule has 1 atom stereocenters. The number of halogens is 1. The van der Waals surface area contributed by atoms with Gasteiger partial charge in [-0.25, -0.2) is 4.98 Å². The second-order valence-electron chi connectivity index (χ2n) is 10.9. The molecule has 0 radical (unpaired) electrons. The number of imidazole rings is 1. The molecule has 0 bridgehead atoms. The normalized spacial score (nSPS) is 15.6. The minimum absolute atomic E-state index is 0.194. The van der Waals surface area contributed by atoms with E-state index in [1.54, 1.807) is 30.5 Å². The van der Waals surface area contributed by atoms with Crippen molar-refractivity contribution in [1.82, 2.24) is 19.9 Å². The van der Waals surface area contributed by atoms with E-state index in [9.17, 15) is 15.0 Å². The summed E-state index contributed by atoms with van der Waals surface area (Å²) in [6.07, 6.45) is 0.768. The maximum Gasteiger partial charge on any atom is 0.261 e.